The summed E-state index contributed by atoms with van der Waals surface area (Å²) in [6.45, 7) is 10.6. The van der Waals surface area contributed by atoms with Gasteiger partial charge in [0.15, 0.2) is 5.78 Å². The molecule has 0 unspecified atom stereocenters. The topological polar surface area (TPSA) is 81.7 Å². The molecule has 0 aromatic heterocycles. The molecule has 2 rings (SSSR count). The summed E-state index contributed by atoms with van der Waals surface area (Å²) in [4.78, 5) is 35.3. The van der Waals surface area contributed by atoms with Gasteiger partial charge >= 0.3 is 5.97 Å². The maximum Gasteiger partial charge on any atom is 0.333 e. The van der Waals surface area contributed by atoms with E-state index in [2.05, 4.69) is 18.5 Å². The van der Waals surface area contributed by atoms with Crippen molar-refractivity contribution in [1.29, 1.82) is 0 Å². The van der Waals surface area contributed by atoms with Crippen LogP contribution in [0.4, 0.5) is 5.69 Å². The minimum absolute atomic E-state index is 0.116. The second-order valence-electron chi connectivity index (χ2n) is 6.84. The van der Waals surface area contributed by atoms with Gasteiger partial charge in [-0.25, -0.2) is 4.79 Å². The second kappa shape index (κ2) is 11.3. The number of amides is 1. The van der Waals surface area contributed by atoms with Gasteiger partial charge in [-0.2, -0.15) is 0 Å². The molecular weight excluding hydrogens is 394 g/mol. The summed E-state index contributed by atoms with van der Waals surface area (Å²) < 4.78 is 10.4. The summed E-state index contributed by atoms with van der Waals surface area (Å²) in [5, 5.41) is 2.72. The normalized spacial score (nSPS) is 10.4. The molecule has 0 radical (unpaired) electrons. The number of ketones is 1. The highest BCUT2D eigenvalue weighted by atomic mass is 16.6. The van der Waals surface area contributed by atoms with E-state index < -0.39 is 5.97 Å². The molecule has 6 nitrogen and oxygen atoms in total. The summed E-state index contributed by atoms with van der Waals surface area (Å²) in [5.41, 5.74) is 2.76. The molecule has 1 N–H and O–H groups in total. The summed E-state index contributed by atoms with van der Waals surface area (Å²) in [7, 11) is 0. The number of hydrogen-bond acceptors (Lipinski definition) is 5. The Hall–Kier alpha value is -3.93. The second-order valence-corrected chi connectivity index (χ2v) is 6.84. The van der Waals surface area contributed by atoms with Crippen LogP contribution < -0.4 is 10.1 Å². The summed E-state index contributed by atoms with van der Waals surface area (Å²) >= 11 is 0. The first-order valence-electron chi connectivity index (χ1n) is 9.61. The average Bonchev–Trinajstić information content (AvgIpc) is 2.76. The Bertz CT molecular complexity index is 1000. The Kier molecular flexibility index (Phi) is 8.52. The van der Waals surface area contributed by atoms with Crippen molar-refractivity contribution in [3.05, 3.63) is 90.0 Å². The molecule has 2 aromatic carbocycles. The Labute approximate surface area is 181 Å². The van der Waals surface area contributed by atoms with E-state index in [0.717, 1.165) is 5.56 Å². The summed E-state index contributed by atoms with van der Waals surface area (Å²) in [6, 6.07) is 13.8. The quantitative estimate of drug-likeness (QED) is 0.264. The van der Waals surface area contributed by atoms with Crippen molar-refractivity contribution >= 4 is 29.4 Å². The minimum atomic E-state index is -0.456. The van der Waals surface area contributed by atoms with E-state index in [1.54, 1.807) is 68.5 Å². The lowest BCUT2D eigenvalue weighted by Crippen LogP contribution is -2.12. The van der Waals surface area contributed by atoms with Crippen LogP contribution in [0.5, 0.6) is 5.75 Å². The fourth-order valence-electron chi connectivity index (χ4n) is 2.32. The van der Waals surface area contributed by atoms with E-state index in [0.29, 0.717) is 28.1 Å². The van der Waals surface area contributed by atoms with Gasteiger partial charge in [-0.3, -0.25) is 9.59 Å². The maximum absolute atomic E-state index is 12.4. The van der Waals surface area contributed by atoms with Crippen molar-refractivity contribution in [3.8, 4) is 5.75 Å². The Morgan fingerprint density at radius 3 is 2.13 bits per heavy atom. The number of carbonyl (C=O) groups excluding carboxylic acids is 3. The number of rotatable bonds is 10. The molecule has 2 aromatic rings. The van der Waals surface area contributed by atoms with Crippen LogP contribution in [0.25, 0.3) is 6.08 Å². The molecule has 0 spiro atoms. The van der Waals surface area contributed by atoms with Gasteiger partial charge in [0.25, 0.3) is 5.91 Å². The zero-order valence-electron chi connectivity index (χ0n) is 17.6. The average molecular weight is 419 g/mol. The van der Waals surface area contributed by atoms with Crippen LogP contribution in [-0.2, 0) is 14.3 Å². The van der Waals surface area contributed by atoms with Crippen molar-refractivity contribution < 1.29 is 23.9 Å². The number of hydrogen-bond donors (Lipinski definition) is 1. The first kappa shape index (κ1) is 23.3. The fourth-order valence-corrected chi connectivity index (χ4v) is 2.32. The van der Waals surface area contributed by atoms with E-state index in [1.807, 2.05) is 0 Å². The molecule has 0 saturated heterocycles. The van der Waals surface area contributed by atoms with E-state index in [9.17, 15) is 14.4 Å². The smallest absolute Gasteiger partial charge is 0.333 e. The highest BCUT2D eigenvalue weighted by Gasteiger charge is 2.05. The Balaban J connectivity index is 1.85. The monoisotopic (exact) mass is 419 g/mol. The molecule has 0 aliphatic heterocycles. The van der Waals surface area contributed by atoms with Gasteiger partial charge in [0.2, 0.25) is 0 Å². The molecule has 0 aliphatic carbocycles. The standard InChI is InChI=1S/C25H25NO5/c1-17(2)24(28)26-21-10-5-19(6-11-21)7-14-23(27)20-8-12-22(13-9-20)30-15-16-31-25(29)18(3)4/h5-14H,1,3,15-16H2,2,4H3,(H,26,28)/b14-7+. The number of nitrogens with one attached hydrogen (secondary N) is 1. The molecule has 0 saturated carbocycles. The van der Waals surface area contributed by atoms with Crippen LogP contribution in [0.15, 0.2) is 78.9 Å². The zero-order chi connectivity index (χ0) is 22.8. The summed E-state index contributed by atoms with van der Waals surface area (Å²) in [6.07, 6.45) is 3.18. The third-order valence-electron chi connectivity index (χ3n) is 4.06. The fraction of sp³-hybridized carbons (Fsp3) is 0.160. The molecule has 0 aliphatic rings. The van der Waals surface area contributed by atoms with E-state index in [1.165, 1.54) is 6.08 Å². The van der Waals surface area contributed by atoms with Gasteiger partial charge in [-0.1, -0.05) is 31.4 Å². The van der Waals surface area contributed by atoms with Crippen LogP contribution >= 0.6 is 0 Å². The Morgan fingerprint density at radius 2 is 1.55 bits per heavy atom. The van der Waals surface area contributed by atoms with Crippen LogP contribution in [-0.4, -0.2) is 30.9 Å². The SMILES string of the molecule is C=C(C)C(=O)Nc1ccc(/C=C/C(=O)c2ccc(OCCOC(=O)C(=C)C)cc2)cc1. The largest absolute Gasteiger partial charge is 0.490 e. The third-order valence-corrected chi connectivity index (χ3v) is 4.06. The molecule has 160 valence electrons. The molecule has 31 heavy (non-hydrogen) atoms. The highest BCUT2D eigenvalue weighted by Crippen LogP contribution is 2.15. The molecule has 1 amide bonds. The first-order chi connectivity index (χ1) is 14.8. The zero-order valence-corrected chi connectivity index (χ0v) is 17.6. The summed E-state index contributed by atoms with van der Waals surface area (Å²) in [5.74, 6) is -0.276. The van der Waals surface area contributed by atoms with Crippen molar-refractivity contribution in [2.45, 2.75) is 13.8 Å². The minimum Gasteiger partial charge on any atom is -0.490 e. The van der Waals surface area contributed by atoms with Gasteiger partial charge in [0, 0.05) is 22.4 Å². The number of allylic oxidation sites excluding steroid dienone is 1. The molecule has 0 fully saturated rings. The van der Waals surface area contributed by atoms with Crippen molar-refractivity contribution in [2.75, 3.05) is 18.5 Å². The van der Waals surface area contributed by atoms with Crippen LogP contribution in [0.2, 0.25) is 0 Å². The van der Waals surface area contributed by atoms with E-state index in [4.69, 9.17) is 9.47 Å². The maximum atomic E-state index is 12.4. The van der Waals surface area contributed by atoms with Crippen LogP contribution in [0.3, 0.4) is 0 Å². The highest BCUT2D eigenvalue weighted by molar-refractivity contribution is 6.07. The van der Waals surface area contributed by atoms with Gasteiger partial charge in [0.1, 0.15) is 19.0 Å². The predicted octanol–water partition coefficient (Wildman–Crippen LogP) is 4.60. The number of anilines is 1. The number of esters is 1. The molecular formula is C25H25NO5. The lowest BCUT2D eigenvalue weighted by molar-refractivity contribution is -0.139. The molecule has 0 bridgehead atoms. The van der Waals surface area contributed by atoms with E-state index >= 15 is 0 Å². The van der Waals surface area contributed by atoms with Crippen molar-refractivity contribution in [2.24, 2.45) is 0 Å². The van der Waals surface area contributed by atoms with Gasteiger partial charge in [0.05, 0.1) is 0 Å². The molecule has 0 atom stereocenters. The van der Waals surface area contributed by atoms with Crippen LogP contribution in [0.1, 0.15) is 29.8 Å². The number of ether oxygens (including phenoxy) is 2. The van der Waals surface area contributed by atoms with Gasteiger partial charge < -0.3 is 14.8 Å². The molecule has 0 heterocycles. The first-order valence-corrected chi connectivity index (χ1v) is 9.61. The van der Waals surface area contributed by atoms with Crippen molar-refractivity contribution in [3.63, 3.8) is 0 Å². The third kappa shape index (κ3) is 7.78. The van der Waals surface area contributed by atoms with Gasteiger partial charge in [-0.05, 0) is 61.9 Å². The van der Waals surface area contributed by atoms with Gasteiger partial charge in [-0.15, -0.1) is 0 Å². The van der Waals surface area contributed by atoms with Crippen LogP contribution in [0, 0.1) is 0 Å². The molecule has 6 heteroatoms. The Morgan fingerprint density at radius 1 is 0.903 bits per heavy atom. The number of benzene rings is 2. The van der Waals surface area contributed by atoms with E-state index in [-0.39, 0.29) is 24.9 Å². The lowest BCUT2D eigenvalue weighted by atomic mass is 10.1. The predicted molar refractivity (Wildman–Crippen MR) is 121 cm³/mol. The van der Waals surface area contributed by atoms with Crippen molar-refractivity contribution in [1.82, 2.24) is 0 Å². The lowest BCUT2D eigenvalue weighted by Gasteiger charge is -2.07. The number of carbonyl (C=O) groups is 3.